The van der Waals surface area contributed by atoms with E-state index in [9.17, 15) is 9.18 Å². The van der Waals surface area contributed by atoms with Crippen LogP contribution in [0.25, 0.3) is 0 Å². The van der Waals surface area contributed by atoms with Crippen molar-refractivity contribution in [2.24, 2.45) is 7.05 Å². The van der Waals surface area contributed by atoms with Crippen molar-refractivity contribution in [3.8, 4) is 0 Å². The van der Waals surface area contributed by atoms with E-state index < -0.39 is 5.82 Å². The van der Waals surface area contributed by atoms with Crippen LogP contribution in [0, 0.1) is 12.7 Å². The molecule has 1 amide bonds. The molecule has 27 heavy (non-hydrogen) atoms. The van der Waals surface area contributed by atoms with Crippen molar-refractivity contribution in [1.82, 2.24) is 14.8 Å². The molecule has 0 aliphatic carbocycles. The summed E-state index contributed by atoms with van der Waals surface area (Å²) < 4.78 is 16.4. The molecular formula is C20H19FN4OS. The summed E-state index contributed by atoms with van der Waals surface area (Å²) in [5, 5.41) is 8.79. The third kappa shape index (κ3) is 3.12. The van der Waals surface area contributed by atoms with Crippen LogP contribution in [0.4, 0.5) is 10.1 Å². The number of fused-ring (bicyclic) bond motifs is 1. The van der Waals surface area contributed by atoms with Gasteiger partial charge >= 0.3 is 0 Å². The number of thioether (sulfide) groups is 1. The first kappa shape index (κ1) is 17.7. The summed E-state index contributed by atoms with van der Waals surface area (Å²) in [6.07, 6.45) is 1.65. The Kier molecular flexibility index (Phi) is 4.47. The van der Waals surface area contributed by atoms with Gasteiger partial charge in [0.05, 0.1) is 12.2 Å². The molecule has 1 aliphatic rings. The van der Waals surface area contributed by atoms with E-state index in [4.69, 9.17) is 0 Å². The number of hydrogen-bond acceptors (Lipinski definition) is 4. The van der Waals surface area contributed by atoms with Crippen molar-refractivity contribution in [2.75, 3.05) is 4.90 Å². The summed E-state index contributed by atoms with van der Waals surface area (Å²) in [7, 11) is 1.88. The highest BCUT2D eigenvalue weighted by atomic mass is 32.2. The van der Waals surface area contributed by atoms with E-state index in [-0.39, 0.29) is 11.2 Å². The molecule has 1 aromatic heterocycles. The highest BCUT2D eigenvalue weighted by Crippen LogP contribution is 2.37. The molecule has 0 saturated heterocycles. The summed E-state index contributed by atoms with van der Waals surface area (Å²) in [4.78, 5) is 14.3. The largest absolute Gasteiger partial charge is 0.312 e. The van der Waals surface area contributed by atoms with Gasteiger partial charge in [-0.2, -0.15) is 0 Å². The first-order chi connectivity index (χ1) is 13.0. The average molecular weight is 382 g/mol. The van der Waals surface area contributed by atoms with E-state index in [1.54, 1.807) is 36.3 Å². The molecule has 1 atom stereocenters. The van der Waals surface area contributed by atoms with Crippen LogP contribution in [0.2, 0.25) is 0 Å². The zero-order valence-corrected chi connectivity index (χ0v) is 16.1. The molecule has 0 unspecified atom stereocenters. The molecule has 0 saturated carbocycles. The van der Waals surface area contributed by atoms with Crippen molar-refractivity contribution in [1.29, 1.82) is 0 Å². The lowest BCUT2D eigenvalue weighted by atomic mass is 10.1. The van der Waals surface area contributed by atoms with Crippen LogP contribution in [-0.4, -0.2) is 20.7 Å². The second-order valence-electron chi connectivity index (χ2n) is 6.69. The highest BCUT2D eigenvalue weighted by molar-refractivity contribution is 7.99. The van der Waals surface area contributed by atoms with Crippen molar-refractivity contribution in [3.05, 3.63) is 70.8 Å². The third-order valence-electron chi connectivity index (χ3n) is 4.88. The molecule has 0 spiro atoms. The minimum Gasteiger partial charge on any atom is -0.312 e. The van der Waals surface area contributed by atoms with Crippen LogP contribution in [0.1, 0.15) is 39.2 Å². The maximum Gasteiger partial charge on any atom is 0.259 e. The van der Waals surface area contributed by atoms with E-state index in [0.717, 1.165) is 21.8 Å². The van der Waals surface area contributed by atoms with Crippen molar-refractivity contribution < 1.29 is 9.18 Å². The minimum absolute atomic E-state index is 0.0362. The van der Waals surface area contributed by atoms with Gasteiger partial charge in [0.15, 0.2) is 5.16 Å². The Morgan fingerprint density at radius 3 is 2.78 bits per heavy atom. The van der Waals surface area contributed by atoms with Crippen LogP contribution < -0.4 is 4.90 Å². The quantitative estimate of drug-likeness (QED) is 0.632. The molecule has 138 valence electrons. The van der Waals surface area contributed by atoms with Gasteiger partial charge in [0, 0.05) is 17.9 Å². The van der Waals surface area contributed by atoms with Gasteiger partial charge in [0.1, 0.15) is 12.1 Å². The molecule has 0 fully saturated rings. The van der Waals surface area contributed by atoms with Crippen LogP contribution in [-0.2, 0) is 13.6 Å². The third-order valence-corrected chi connectivity index (χ3v) is 6.09. The molecule has 2 heterocycles. The summed E-state index contributed by atoms with van der Waals surface area (Å²) in [6.45, 7) is 4.40. The lowest BCUT2D eigenvalue weighted by molar-refractivity contribution is 0.0996. The predicted molar refractivity (Wildman–Crippen MR) is 103 cm³/mol. The van der Waals surface area contributed by atoms with E-state index >= 15 is 0 Å². The number of nitrogens with zero attached hydrogens (tertiary/aromatic N) is 4. The number of anilines is 1. The van der Waals surface area contributed by atoms with Gasteiger partial charge in [-0.25, -0.2) is 4.39 Å². The van der Waals surface area contributed by atoms with Crippen LogP contribution in [0.15, 0.2) is 47.9 Å². The topological polar surface area (TPSA) is 51.0 Å². The SMILES string of the molecule is Cc1cccc2c1CN(c1cc([C@H](C)Sc3nncn3C)ccc1F)C2=O. The molecule has 1 aliphatic heterocycles. The maximum atomic E-state index is 14.6. The normalized spacial score (nSPS) is 14.5. The fourth-order valence-electron chi connectivity index (χ4n) is 3.28. The monoisotopic (exact) mass is 382 g/mol. The molecule has 7 heteroatoms. The molecule has 0 radical (unpaired) electrons. The van der Waals surface area contributed by atoms with Gasteiger partial charge < -0.3 is 9.47 Å². The standard InChI is InChI=1S/C20H19FN4OS/c1-12-5-4-6-15-16(12)10-25(19(15)26)18-9-14(7-8-17(18)21)13(2)27-20-23-22-11-24(20)3/h4-9,11,13H,10H2,1-3H3/t13-/m0/s1. The van der Waals surface area contributed by atoms with Crippen molar-refractivity contribution >= 4 is 23.4 Å². The Balaban J connectivity index is 1.65. The number of aromatic nitrogens is 3. The van der Waals surface area contributed by atoms with Gasteiger partial charge in [-0.1, -0.05) is 30.0 Å². The predicted octanol–water partition coefficient (Wildman–Crippen LogP) is 4.28. The minimum atomic E-state index is -0.395. The van der Waals surface area contributed by atoms with E-state index in [0.29, 0.717) is 17.8 Å². The number of carbonyl (C=O) groups excluding carboxylic acids is 1. The fraction of sp³-hybridized carbons (Fsp3) is 0.250. The zero-order valence-electron chi connectivity index (χ0n) is 15.3. The van der Waals surface area contributed by atoms with Gasteiger partial charge in [-0.05, 0) is 48.7 Å². The second kappa shape index (κ2) is 6.81. The molecule has 3 aromatic rings. The summed E-state index contributed by atoms with van der Waals surface area (Å²) in [6, 6.07) is 10.6. The average Bonchev–Trinajstić information content (AvgIpc) is 3.20. The van der Waals surface area contributed by atoms with Gasteiger partial charge in [-0.15, -0.1) is 10.2 Å². The molecule has 0 N–H and O–H groups in total. The number of hydrogen-bond donors (Lipinski definition) is 0. The molecule has 4 rings (SSSR count). The summed E-state index contributed by atoms with van der Waals surface area (Å²) in [5.41, 5.74) is 3.92. The lowest BCUT2D eigenvalue weighted by Crippen LogP contribution is -2.24. The highest BCUT2D eigenvalue weighted by Gasteiger charge is 2.31. The molecule has 0 bridgehead atoms. The van der Waals surface area contributed by atoms with Crippen LogP contribution in [0.5, 0.6) is 0 Å². The van der Waals surface area contributed by atoms with E-state index in [1.165, 1.54) is 11.0 Å². The first-order valence-electron chi connectivity index (χ1n) is 8.66. The second-order valence-corrected chi connectivity index (χ2v) is 8.00. The number of halogens is 1. The molecule has 5 nitrogen and oxygen atoms in total. The molecule has 2 aromatic carbocycles. The smallest absolute Gasteiger partial charge is 0.259 e. The Morgan fingerprint density at radius 1 is 1.26 bits per heavy atom. The van der Waals surface area contributed by atoms with E-state index in [1.807, 2.05) is 37.6 Å². The van der Waals surface area contributed by atoms with Gasteiger partial charge in [-0.3, -0.25) is 4.79 Å². The lowest BCUT2D eigenvalue weighted by Gasteiger charge is -2.19. The number of rotatable bonds is 4. The number of carbonyl (C=O) groups is 1. The summed E-state index contributed by atoms with van der Waals surface area (Å²) >= 11 is 1.54. The fourth-order valence-corrected chi connectivity index (χ4v) is 4.18. The Morgan fingerprint density at radius 2 is 2.07 bits per heavy atom. The Hall–Kier alpha value is -2.67. The zero-order chi connectivity index (χ0) is 19.1. The van der Waals surface area contributed by atoms with Gasteiger partial charge in [0.2, 0.25) is 0 Å². The molecular weight excluding hydrogens is 363 g/mol. The van der Waals surface area contributed by atoms with Crippen molar-refractivity contribution in [2.45, 2.75) is 30.8 Å². The van der Waals surface area contributed by atoms with Crippen LogP contribution in [0.3, 0.4) is 0 Å². The number of aryl methyl sites for hydroxylation is 2. The van der Waals surface area contributed by atoms with Crippen LogP contribution >= 0.6 is 11.8 Å². The van der Waals surface area contributed by atoms with E-state index in [2.05, 4.69) is 10.2 Å². The maximum absolute atomic E-state index is 14.6. The first-order valence-corrected chi connectivity index (χ1v) is 9.54. The Labute approximate surface area is 161 Å². The van der Waals surface area contributed by atoms with Crippen molar-refractivity contribution in [3.63, 3.8) is 0 Å². The Bertz CT molecular complexity index is 1030. The van der Waals surface area contributed by atoms with Gasteiger partial charge in [0.25, 0.3) is 5.91 Å². The summed E-state index contributed by atoms with van der Waals surface area (Å²) in [5.74, 6) is -0.549. The number of amides is 1. The number of benzene rings is 2.